The van der Waals surface area contributed by atoms with Gasteiger partial charge in [0.05, 0.1) is 0 Å². The molecule has 0 N–H and O–H groups in total. The number of Topliss-reactive ketones (excluding diaryl/α,β-unsaturated/α-hetero) is 1. The second kappa shape index (κ2) is 5.53. The molecule has 1 aromatic rings. The Labute approximate surface area is 92.4 Å². The van der Waals surface area contributed by atoms with Gasteiger partial charge in [0.25, 0.3) is 0 Å². The maximum Gasteiger partial charge on any atom is 0.388 e. The quantitative estimate of drug-likeness (QED) is 0.729. The van der Waals surface area contributed by atoms with Gasteiger partial charge in [0.15, 0.2) is 5.78 Å². The fourth-order valence-electron chi connectivity index (χ4n) is 1.19. The molecule has 0 amide bonds. The Balaban J connectivity index is 2.67. The van der Waals surface area contributed by atoms with Crippen LogP contribution in [0.25, 0.3) is 0 Å². The van der Waals surface area contributed by atoms with Crippen LogP contribution in [0.3, 0.4) is 0 Å². The fraction of sp³-hybridized carbons (Fsp3) is 0.455. The summed E-state index contributed by atoms with van der Waals surface area (Å²) < 4.78 is 27.7. The lowest BCUT2D eigenvalue weighted by Gasteiger charge is -2.05. The summed E-state index contributed by atoms with van der Waals surface area (Å²) in [5.41, 5.74) is 0.412. The topological polar surface area (TPSA) is 39.2 Å². The Morgan fingerprint density at radius 2 is 2.12 bits per heavy atom. The van der Waals surface area contributed by atoms with Gasteiger partial charge in [0, 0.05) is 24.2 Å². The summed E-state index contributed by atoms with van der Waals surface area (Å²) in [5, 5.41) is 0. The highest BCUT2D eigenvalue weighted by molar-refractivity contribution is 5.95. The largest absolute Gasteiger partial charge is 0.417 e. The van der Waals surface area contributed by atoms with Gasteiger partial charge in [0.2, 0.25) is 5.88 Å². The first-order chi connectivity index (χ1) is 7.49. The molecule has 16 heavy (non-hydrogen) atoms. The number of alkyl halides is 2. The third-order valence-electron chi connectivity index (χ3n) is 1.86. The van der Waals surface area contributed by atoms with Crippen molar-refractivity contribution >= 4 is 5.78 Å². The molecule has 0 bridgehead atoms. The number of nitrogens with zero attached hydrogens (tertiary/aromatic N) is 1. The predicted octanol–water partition coefficient (Wildman–Crippen LogP) is 2.91. The Hall–Kier alpha value is -1.52. The van der Waals surface area contributed by atoms with Crippen molar-refractivity contribution in [1.29, 1.82) is 0 Å². The average molecular weight is 229 g/mol. The van der Waals surface area contributed by atoms with Gasteiger partial charge in [-0.2, -0.15) is 8.78 Å². The maximum atomic E-state index is 11.8. The van der Waals surface area contributed by atoms with E-state index < -0.39 is 6.61 Å². The molecule has 0 spiro atoms. The van der Waals surface area contributed by atoms with Crippen LogP contribution in [0.5, 0.6) is 5.88 Å². The van der Waals surface area contributed by atoms with Crippen LogP contribution >= 0.6 is 0 Å². The second-order valence-corrected chi connectivity index (χ2v) is 3.78. The molecule has 0 saturated heterocycles. The lowest BCUT2D eigenvalue weighted by molar-refractivity contribution is -0.0528. The molecule has 0 atom stereocenters. The van der Waals surface area contributed by atoms with Crippen molar-refractivity contribution in [3.05, 3.63) is 23.9 Å². The summed E-state index contributed by atoms with van der Waals surface area (Å²) in [6.07, 6.45) is 1.67. The van der Waals surface area contributed by atoms with Crippen LogP contribution in [0, 0.1) is 5.92 Å². The number of carbonyl (C=O) groups is 1. The van der Waals surface area contributed by atoms with Crippen LogP contribution in [-0.4, -0.2) is 17.4 Å². The van der Waals surface area contributed by atoms with Crippen LogP contribution < -0.4 is 4.74 Å². The predicted molar refractivity (Wildman–Crippen MR) is 54.7 cm³/mol. The van der Waals surface area contributed by atoms with E-state index in [0.29, 0.717) is 12.0 Å². The van der Waals surface area contributed by atoms with Crippen molar-refractivity contribution in [2.24, 2.45) is 5.92 Å². The van der Waals surface area contributed by atoms with Crippen molar-refractivity contribution in [2.75, 3.05) is 0 Å². The number of carbonyl (C=O) groups excluding carboxylic acids is 1. The van der Waals surface area contributed by atoms with Crippen molar-refractivity contribution < 1.29 is 18.3 Å². The highest BCUT2D eigenvalue weighted by Crippen LogP contribution is 2.13. The van der Waals surface area contributed by atoms with Crippen molar-refractivity contribution in [3.8, 4) is 5.88 Å². The minimum atomic E-state index is -2.90. The average Bonchev–Trinajstić information content (AvgIpc) is 2.16. The summed E-state index contributed by atoms with van der Waals surface area (Å²) in [4.78, 5) is 15.2. The van der Waals surface area contributed by atoms with Crippen LogP contribution in [0.1, 0.15) is 30.6 Å². The molecule has 0 radical (unpaired) electrons. The van der Waals surface area contributed by atoms with Crippen molar-refractivity contribution in [3.63, 3.8) is 0 Å². The number of halogens is 2. The lowest BCUT2D eigenvalue weighted by atomic mass is 10.0. The molecular weight excluding hydrogens is 216 g/mol. The molecule has 0 fully saturated rings. The molecule has 0 aliphatic rings. The van der Waals surface area contributed by atoms with E-state index in [-0.39, 0.29) is 17.6 Å². The van der Waals surface area contributed by atoms with E-state index in [1.54, 1.807) is 0 Å². The summed E-state index contributed by atoms with van der Waals surface area (Å²) in [6.45, 7) is 0.962. The summed E-state index contributed by atoms with van der Waals surface area (Å²) in [5.74, 6) is 0.0201. The van der Waals surface area contributed by atoms with E-state index in [1.165, 1.54) is 18.3 Å². The zero-order valence-electron chi connectivity index (χ0n) is 9.11. The van der Waals surface area contributed by atoms with E-state index in [9.17, 15) is 13.6 Å². The van der Waals surface area contributed by atoms with Gasteiger partial charge in [-0.15, -0.1) is 0 Å². The molecule has 5 heteroatoms. The van der Waals surface area contributed by atoms with Crippen LogP contribution in [0.2, 0.25) is 0 Å². The first-order valence-electron chi connectivity index (χ1n) is 4.93. The Morgan fingerprint density at radius 1 is 1.44 bits per heavy atom. The van der Waals surface area contributed by atoms with Crippen LogP contribution in [0.4, 0.5) is 8.78 Å². The number of aromatic nitrogens is 1. The molecule has 1 rings (SSSR count). The van der Waals surface area contributed by atoms with E-state index in [0.717, 1.165) is 0 Å². The minimum absolute atomic E-state index is 0.0499. The molecule has 0 aromatic carbocycles. The van der Waals surface area contributed by atoms with Gasteiger partial charge in [-0.1, -0.05) is 13.8 Å². The van der Waals surface area contributed by atoms with E-state index in [4.69, 9.17) is 0 Å². The molecule has 0 saturated carbocycles. The second-order valence-electron chi connectivity index (χ2n) is 3.78. The number of hydrogen-bond donors (Lipinski definition) is 0. The maximum absolute atomic E-state index is 11.8. The molecule has 3 nitrogen and oxygen atoms in total. The SMILES string of the molecule is CC(C)CC(=O)c1ccc(OC(F)F)nc1. The molecule has 88 valence electrons. The Morgan fingerprint density at radius 3 is 2.56 bits per heavy atom. The normalized spacial score (nSPS) is 10.9. The fourth-order valence-corrected chi connectivity index (χ4v) is 1.19. The third-order valence-corrected chi connectivity index (χ3v) is 1.86. The van der Waals surface area contributed by atoms with Gasteiger partial charge < -0.3 is 4.74 Å². The van der Waals surface area contributed by atoms with Crippen molar-refractivity contribution in [2.45, 2.75) is 26.9 Å². The van der Waals surface area contributed by atoms with E-state index in [1.807, 2.05) is 13.8 Å². The lowest BCUT2D eigenvalue weighted by Crippen LogP contribution is -2.06. The Bertz CT molecular complexity index is 350. The number of ketones is 1. The van der Waals surface area contributed by atoms with Crippen molar-refractivity contribution in [1.82, 2.24) is 4.98 Å². The van der Waals surface area contributed by atoms with Gasteiger partial charge in [-0.05, 0) is 12.0 Å². The van der Waals surface area contributed by atoms with Crippen LogP contribution in [-0.2, 0) is 0 Å². The summed E-state index contributed by atoms with van der Waals surface area (Å²) >= 11 is 0. The van der Waals surface area contributed by atoms with E-state index >= 15 is 0 Å². The summed E-state index contributed by atoms with van der Waals surface area (Å²) in [6, 6.07) is 2.70. The van der Waals surface area contributed by atoms with Gasteiger partial charge in [0.1, 0.15) is 0 Å². The smallest absolute Gasteiger partial charge is 0.388 e. The monoisotopic (exact) mass is 229 g/mol. The molecule has 0 unspecified atom stereocenters. The standard InChI is InChI=1S/C11H13F2NO2/c1-7(2)5-9(15)8-3-4-10(14-6-8)16-11(12)13/h3-4,6-7,11H,5H2,1-2H3. The highest BCUT2D eigenvalue weighted by Gasteiger charge is 2.10. The van der Waals surface area contributed by atoms with E-state index in [2.05, 4.69) is 9.72 Å². The number of pyridine rings is 1. The molecule has 1 aromatic heterocycles. The first kappa shape index (κ1) is 12.5. The molecular formula is C11H13F2NO2. The minimum Gasteiger partial charge on any atom is -0.417 e. The Kier molecular flexibility index (Phi) is 4.34. The highest BCUT2D eigenvalue weighted by atomic mass is 19.3. The molecule has 0 aliphatic carbocycles. The summed E-state index contributed by atoms with van der Waals surface area (Å²) in [7, 11) is 0. The van der Waals surface area contributed by atoms with Crippen LogP contribution in [0.15, 0.2) is 18.3 Å². The molecule has 0 aliphatic heterocycles. The number of hydrogen-bond acceptors (Lipinski definition) is 3. The van der Waals surface area contributed by atoms with Gasteiger partial charge in [-0.3, -0.25) is 4.79 Å². The van der Waals surface area contributed by atoms with Gasteiger partial charge in [-0.25, -0.2) is 4.98 Å². The number of rotatable bonds is 5. The number of ether oxygens (including phenoxy) is 1. The zero-order chi connectivity index (χ0) is 12.1. The first-order valence-corrected chi connectivity index (χ1v) is 4.93. The zero-order valence-corrected chi connectivity index (χ0v) is 9.11. The third kappa shape index (κ3) is 3.92. The molecule has 1 heterocycles. The van der Waals surface area contributed by atoms with Gasteiger partial charge >= 0.3 is 6.61 Å².